The standard InChI is InChI=1S/C15H11Cl2F3N2OS/c1-3-4-24-12-5-8(9(16)6-10(12)17)14-11(23)7-13(15(18,19)20)22(2)21-14/h3,5-7H,1,4H2,2H3. The van der Waals surface area contributed by atoms with Crippen molar-refractivity contribution in [2.24, 2.45) is 7.05 Å². The fourth-order valence-electron chi connectivity index (χ4n) is 1.96. The maximum Gasteiger partial charge on any atom is 0.433 e. The van der Waals surface area contributed by atoms with Gasteiger partial charge in [0.15, 0.2) is 0 Å². The number of nitrogens with zero attached hydrogens (tertiary/aromatic N) is 2. The molecule has 0 fully saturated rings. The Labute approximate surface area is 150 Å². The number of halogens is 5. The second-order valence-corrected chi connectivity index (χ2v) is 6.60. The second-order valence-electron chi connectivity index (χ2n) is 4.73. The molecule has 0 bridgehead atoms. The minimum absolute atomic E-state index is 0.132. The molecule has 1 heterocycles. The fourth-order valence-corrected chi connectivity index (χ4v) is 3.29. The Kier molecular flexibility index (Phi) is 5.67. The van der Waals surface area contributed by atoms with E-state index in [0.717, 1.165) is 7.05 Å². The second kappa shape index (κ2) is 7.21. The summed E-state index contributed by atoms with van der Waals surface area (Å²) in [4.78, 5) is 12.7. The number of hydrogen-bond donors (Lipinski definition) is 0. The van der Waals surface area contributed by atoms with E-state index in [1.54, 1.807) is 6.08 Å². The van der Waals surface area contributed by atoms with Crippen molar-refractivity contribution in [3.8, 4) is 11.3 Å². The van der Waals surface area contributed by atoms with Crippen LogP contribution in [0.3, 0.4) is 0 Å². The van der Waals surface area contributed by atoms with Crippen LogP contribution in [0, 0.1) is 0 Å². The van der Waals surface area contributed by atoms with Gasteiger partial charge in [-0.05, 0) is 12.1 Å². The van der Waals surface area contributed by atoms with E-state index in [2.05, 4.69) is 11.7 Å². The Morgan fingerprint density at radius 2 is 1.96 bits per heavy atom. The molecule has 1 aromatic heterocycles. The zero-order valence-corrected chi connectivity index (χ0v) is 14.7. The molecule has 0 spiro atoms. The van der Waals surface area contributed by atoms with Crippen LogP contribution < -0.4 is 5.43 Å². The van der Waals surface area contributed by atoms with Crippen molar-refractivity contribution in [1.82, 2.24) is 9.78 Å². The van der Waals surface area contributed by atoms with Gasteiger partial charge in [-0.25, -0.2) is 0 Å². The Morgan fingerprint density at radius 3 is 2.54 bits per heavy atom. The van der Waals surface area contributed by atoms with E-state index < -0.39 is 17.3 Å². The zero-order chi connectivity index (χ0) is 18.1. The summed E-state index contributed by atoms with van der Waals surface area (Å²) in [6.45, 7) is 3.60. The predicted octanol–water partition coefficient (Wildman–Crippen LogP) is 5.05. The molecule has 128 valence electrons. The summed E-state index contributed by atoms with van der Waals surface area (Å²) >= 11 is 13.5. The summed E-state index contributed by atoms with van der Waals surface area (Å²) in [6, 6.07) is 3.47. The van der Waals surface area contributed by atoms with Gasteiger partial charge in [0.2, 0.25) is 5.43 Å². The number of hydrogen-bond acceptors (Lipinski definition) is 3. The highest BCUT2D eigenvalue weighted by molar-refractivity contribution is 7.99. The number of benzene rings is 1. The molecule has 24 heavy (non-hydrogen) atoms. The van der Waals surface area contributed by atoms with Crippen LogP contribution in [0.4, 0.5) is 13.2 Å². The van der Waals surface area contributed by atoms with Crippen LogP contribution >= 0.6 is 35.0 Å². The maximum absolute atomic E-state index is 12.8. The van der Waals surface area contributed by atoms with Crippen molar-refractivity contribution in [2.75, 3.05) is 5.75 Å². The first-order valence-electron chi connectivity index (χ1n) is 6.53. The molecule has 0 atom stereocenters. The summed E-state index contributed by atoms with van der Waals surface area (Å²) in [5.74, 6) is 0.569. The number of alkyl halides is 3. The van der Waals surface area contributed by atoms with Crippen molar-refractivity contribution in [3.63, 3.8) is 0 Å². The van der Waals surface area contributed by atoms with Crippen LogP contribution in [0.1, 0.15) is 5.69 Å². The Morgan fingerprint density at radius 1 is 1.29 bits per heavy atom. The van der Waals surface area contributed by atoms with Crippen molar-refractivity contribution in [1.29, 1.82) is 0 Å². The fraction of sp³-hybridized carbons (Fsp3) is 0.200. The summed E-state index contributed by atoms with van der Waals surface area (Å²) < 4.78 is 39.1. The molecule has 0 aliphatic rings. The van der Waals surface area contributed by atoms with Gasteiger partial charge in [-0.2, -0.15) is 18.3 Å². The summed E-state index contributed by atoms with van der Waals surface area (Å²) in [7, 11) is 1.11. The van der Waals surface area contributed by atoms with E-state index in [0.29, 0.717) is 26.4 Å². The molecule has 0 unspecified atom stereocenters. The lowest BCUT2D eigenvalue weighted by Crippen LogP contribution is -2.22. The normalized spacial score (nSPS) is 11.6. The molecule has 9 heteroatoms. The first kappa shape index (κ1) is 18.9. The molecule has 0 N–H and O–H groups in total. The van der Waals surface area contributed by atoms with Crippen molar-refractivity contribution < 1.29 is 13.2 Å². The van der Waals surface area contributed by atoms with Crippen LogP contribution in [0.2, 0.25) is 10.0 Å². The molecule has 0 radical (unpaired) electrons. The minimum atomic E-state index is -4.67. The Hall–Kier alpha value is -1.44. The molecular formula is C15H11Cl2F3N2OS. The summed E-state index contributed by atoms with van der Waals surface area (Å²) in [6.07, 6.45) is -3.00. The molecule has 2 rings (SSSR count). The number of thioether (sulfide) groups is 1. The van der Waals surface area contributed by atoms with Gasteiger partial charge in [0.05, 0.1) is 10.0 Å². The van der Waals surface area contributed by atoms with Crippen LogP contribution in [-0.2, 0) is 13.2 Å². The third kappa shape index (κ3) is 3.96. The van der Waals surface area contributed by atoms with E-state index in [-0.39, 0.29) is 16.3 Å². The van der Waals surface area contributed by atoms with Crippen molar-refractivity contribution in [3.05, 3.63) is 56.8 Å². The SMILES string of the molecule is C=CCSc1cc(-c2nn(C)c(C(F)(F)F)cc2=O)c(Cl)cc1Cl. The van der Waals surface area contributed by atoms with Gasteiger partial charge >= 0.3 is 6.18 Å². The van der Waals surface area contributed by atoms with Gasteiger partial charge in [0.1, 0.15) is 11.4 Å². The molecule has 0 saturated carbocycles. The van der Waals surface area contributed by atoms with Gasteiger partial charge in [-0.1, -0.05) is 29.3 Å². The zero-order valence-electron chi connectivity index (χ0n) is 12.3. The Bertz CT molecular complexity index is 850. The van der Waals surface area contributed by atoms with E-state index >= 15 is 0 Å². The summed E-state index contributed by atoms with van der Waals surface area (Å²) in [5, 5.41) is 4.25. The molecule has 1 aromatic carbocycles. The average molecular weight is 395 g/mol. The monoisotopic (exact) mass is 394 g/mol. The number of rotatable bonds is 4. The van der Waals surface area contributed by atoms with Gasteiger partial charge < -0.3 is 0 Å². The molecule has 0 amide bonds. The number of aromatic nitrogens is 2. The highest BCUT2D eigenvalue weighted by Crippen LogP contribution is 2.36. The molecule has 0 saturated heterocycles. The van der Waals surface area contributed by atoms with Gasteiger partial charge in [0, 0.05) is 29.3 Å². The van der Waals surface area contributed by atoms with E-state index in [1.807, 2.05) is 0 Å². The predicted molar refractivity (Wildman–Crippen MR) is 90.9 cm³/mol. The molecule has 0 aliphatic carbocycles. The van der Waals surface area contributed by atoms with E-state index in [1.165, 1.54) is 23.9 Å². The van der Waals surface area contributed by atoms with E-state index in [9.17, 15) is 18.0 Å². The number of aryl methyl sites for hydroxylation is 1. The molecule has 3 nitrogen and oxygen atoms in total. The van der Waals surface area contributed by atoms with Gasteiger partial charge in [-0.15, -0.1) is 18.3 Å². The quantitative estimate of drug-likeness (QED) is 0.537. The first-order chi connectivity index (χ1) is 11.1. The molecular weight excluding hydrogens is 384 g/mol. The smallest absolute Gasteiger partial charge is 0.287 e. The highest BCUT2D eigenvalue weighted by Gasteiger charge is 2.34. The summed E-state index contributed by atoms with van der Waals surface area (Å²) in [5.41, 5.74) is -1.96. The van der Waals surface area contributed by atoms with Crippen LogP contribution in [0.5, 0.6) is 0 Å². The third-order valence-corrected chi connectivity index (χ3v) is 4.81. The molecule has 0 aliphatic heterocycles. The van der Waals surface area contributed by atoms with Crippen molar-refractivity contribution in [2.45, 2.75) is 11.1 Å². The van der Waals surface area contributed by atoms with E-state index in [4.69, 9.17) is 23.2 Å². The van der Waals surface area contributed by atoms with Gasteiger partial charge in [-0.3, -0.25) is 9.48 Å². The topological polar surface area (TPSA) is 34.9 Å². The van der Waals surface area contributed by atoms with Crippen LogP contribution in [-0.4, -0.2) is 15.5 Å². The minimum Gasteiger partial charge on any atom is -0.287 e. The van der Waals surface area contributed by atoms with Crippen LogP contribution in [0.15, 0.2) is 40.5 Å². The van der Waals surface area contributed by atoms with Crippen molar-refractivity contribution >= 4 is 35.0 Å². The lowest BCUT2D eigenvalue weighted by Gasteiger charge is -2.13. The van der Waals surface area contributed by atoms with Crippen LogP contribution in [0.25, 0.3) is 11.3 Å². The largest absolute Gasteiger partial charge is 0.433 e. The lowest BCUT2D eigenvalue weighted by atomic mass is 10.1. The first-order valence-corrected chi connectivity index (χ1v) is 8.28. The Balaban J connectivity index is 2.62. The maximum atomic E-state index is 12.8. The van der Waals surface area contributed by atoms with Gasteiger partial charge in [0.25, 0.3) is 0 Å². The average Bonchev–Trinajstić information content (AvgIpc) is 2.47. The highest BCUT2D eigenvalue weighted by atomic mass is 35.5. The lowest BCUT2D eigenvalue weighted by molar-refractivity contribution is -0.144. The third-order valence-electron chi connectivity index (χ3n) is 3.02. The molecule has 2 aromatic rings.